The summed E-state index contributed by atoms with van der Waals surface area (Å²) in [6.45, 7) is 0. The number of carbonyl (C=O) groups excluding carboxylic acids is 1. The number of nitrogens with one attached hydrogen (secondary N) is 2. The van der Waals surface area contributed by atoms with E-state index in [1.807, 2.05) is 0 Å². The number of benzene rings is 1. The van der Waals surface area contributed by atoms with E-state index < -0.39 is 11.1 Å². The SMILES string of the molecule is CN(C)C(=O)c1cncc2c1Oc1c(c(=O)n(-c3ccccc3)[nH]c1=O)N2. The molecule has 0 radical (unpaired) electrons. The van der Waals surface area contributed by atoms with Crippen molar-refractivity contribution in [1.29, 1.82) is 0 Å². The summed E-state index contributed by atoms with van der Waals surface area (Å²) in [6.07, 6.45) is 2.78. The Balaban J connectivity index is 1.88. The molecular weight excluding hydrogens is 350 g/mol. The lowest BCUT2D eigenvalue weighted by molar-refractivity contribution is 0.0824. The summed E-state index contributed by atoms with van der Waals surface area (Å²) in [5.74, 6) is -0.379. The molecule has 0 fully saturated rings. The average molecular weight is 365 g/mol. The number of rotatable bonds is 2. The number of nitrogens with zero attached hydrogens (tertiary/aromatic N) is 3. The lowest BCUT2D eigenvalue weighted by atomic mass is 10.2. The van der Waals surface area contributed by atoms with Crippen LogP contribution in [0.2, 0.25) is 0 Å². The minimum Gasteiger partial charge on any atom is -0.446 e. The standard InChI is InChI=1S/C18H15N5O4/c1-22(2)17(25)11-8-19-9-12-14(11)27-15-13(20-12)18(26)23(21-16(15)24)10-6-4-3-5-7-10/h3-9,20H,1-2H3,(H,21,24). The number of para-hydroxylation sites is 1. The second-order valence-electron chi connectivity index (χ2n) is 6.11. The molecule has 3 aromatic rings. The van der Waals surface area contributed by atoms with Crippen molar-refractivity contribution >= 4 is 17.3 Å². The summed E-state index contributed by atoms with van der Waals surface area (Å²) < 4.78 is 6.81. The molecule has 1 aliphatic heterocycles. The van der Waals surface area contributed by atoms with Gasteiger partial charge in [0.2, 0.25) is 5.75 Å². The predicted octanol–water partition coefficient (Wildman–Crippen LogP) is 1.47. The molecular formula is C18H15N5O4. The summed E-state index contributed by atoms with van der Waals surface area (Å²) in [6, 6.07) is 8.69. The molecule has 0 saturated carbocycles. The van der Waals surface area contributed by atoms with Crippen molar-refractivity contribution in [3.63, 3.8) is 0 Å². The Kier molecular flexibility index (Phi) is 3.76. The normalized spacial score (nSPS) is 11.6. The fourth-order valence-electron chi connectivity index (χ4n) is 2.77. The van der Waals surface area contributed by atoms with E-state index in [0.29, 0.717) is 11.4 Å². The van der Waals surface area contributed by atoms with Gasteiger partial charge in [-0.3, -0.25) is 24.5 Å². The summed E-state index contributed by atoms with van der Waals surface area (Å²) in [5, 5.41) is 5.38. The number of hydrogen-bond acceptors (Lipinski definition) is 6. The van der Waals surface area contributed by atoms with Crippen molar-refractivity contribution in [1.82, 2.24) is 19.7 Å². The summed E-state index contributed by atoms with van der Waals surface area (Å²) in [5.41, 5.74) is -0.103. The van der Waals surface area contributed by atoms with Gasteiger partial charge in [-0.25, -0.2) is 4.68 Å². The van der Waals surface area contributed by atoms with E-state index in [9.17, 15) is 14.4 Å². The van der Waals surface area contributed by atoms with Crippen molar-refractivity contribution < 1.29 is 9.53 Å². The van der Waals surface area contributed by atoms with E-state index in [2.05, 4.69) is 15.4 Å². The van der Waals surface area contributed by atoms with Crippen LogP contribution >= 0.6 is 0 Å². The van der Waals surface area contributed by atoms with Gasteiger partial charge in [0, 0.05) is 20.3 Å². The first kappa shape index (κ1) is 16.6. The maximum atomic E-state index is 12.9. The van der Waals surface area contributed by atoms with Crippen molar-refractivity contribution in [2.75, 3.05) is 19.4 Å². The lowest BCUT2D eigenvalue weighted by Crippen LogP contribution is -2.33. The number of hydrogen-bond donors (Lipinski definition) is 2. The number of amides is 1. The Bertz CT molecular complexity index is 1160. The average Bonchev–Trinajstić information content (AvgIpc) is 2.69. The first-order valence-corrected chi connectivity index (χ1v) is 8.06. The fraction of sp³-hybridized carbons (Fsp3) is 0.111. The van der Waals surface area contributed by atoms with Crippen LogP contribution in [-0.4, -0.2) is 39.7 Å². The van der Waals surface area contributed by atoms with Gasteiger partial charge < -0.3 is 15.0 Å². The van der Waals surface area contributed by atoms with E-state index in [4.69, 9.17) is 4.74 Å². The van der Waals surface area contributed by atoms with E-state index in [0.717, 1.165) is 4.68 Å². The largest absolute Gasteiger partial charge is 0.446 e. The molecule has 9 heteroatoms. The number of aromatic nitrogens is 3. The Morgan fingerprint density at radius 2 is 1.85 bits per heavy atom. The summed E-state index contributed by atoms with van der Waals surface area (Å²) >= 11 is 0. The molecule has 0 spiro atoms. The van der Waals surface area contributed by atoms with E-state index in [1.165, 1.54) is 17.3 Å². The zero-order valence-electron chi connectivity index (χ0n) is 14.5. The molecule has 136 valence electrons. The number of ether oxygens (including phenoxy) is 1. The zero-order valence-corrected chi connectivity index (χ0v) is 14.5. The highest BCUT2D eigenvalue weighted by Crippen LogP contribution is 2.40. The third-order valence-electron chi connectivity index (χ3n) is 4.07. The van der Waals surface area contributed by atoms with Gasteiger partial charge in [0.05, 0.1) is 11.9 Å². The topological polar surface area (TPSA) is 109 Å². The van der Waals surface area contributed by atoms with E-state index in [-0.39, 0.29) is 28.7 Å². The highest BCUT2D eigenvalue weighted by atomic mass is 16.5. The lowest BCUT2D eigenvalue weighted by Gasteiger charge is -2.23. The van der Waals surface area contributed by atoms with Gasteiger partial charge in [0.1, 0.15) is 11.3 Å². The first-order chi connectivity index (χ1) is 13.0. The van der Waals surface area contributed by atoms with Crippen LogP contribution in [0.3, 0.4) is 0 Å². The summed E-state index contributed by atoms with van der Waals surface area (Å²) in [7, 11) is 3.19. The molecule has 0 bridgehead atoms. The van der Waals surface area contributed by atoms with Gasteiger partial charge >= 0.3 is 5.56 Å². The Hall–Kier alpha value is -3.88. The molecule has 0 aliphatic carbocycles. The molecule has 1 aromatic carbocycles. The zero-order chi connectivity index (χ0) is 19.1. The third-order valence-corrected chi connectivity index (χ3v) is 4.07. The predicted molar refractivity (Wildman–Crippen MR) is 98.3 cm³/mol. The van der Waals surface area contributed by atoms with E-state index in [1.54, 1.807) is 44.4 Å². The Morgan fingerprint density at radius 3 is 2.56 bits per heavy atom. The van der Waals surface area contributed by atoms with Crippen LogP contribution < -0.4 is 21.2 Å². The number of aromatic amines is 1. The van der Waals surface area contributed by atoms with Crippen LogP contribution in [0.5, 0.6) is 11.5 Å². The quantitative estimate of drug-likeness (QED) is 0.557. The Morgan fingerprint density at radius 1 is 1.11 bits per heavy atom. The van der Waals surface area contributed by atoms with Crippen molar-refractivity contribution in [2.24, 2.45) is 0 Å². The van der Waals surface area contributed by atoms with Crippen LogP contribution in [0.4, 0.5) is 11.4 Å². The van der Waals surface area contributed by atoms with Crippen LogP contribution in [0.15, 0.2) is 52.3 Å². The molecule has 0 saturated heterocycles. The molecule has 1 aliphatic rings. The minimum absolute atomic E-state index is 0.0219. The number of H-pyrrole nitrogens is 1. The molecule has 1 amide bonds. The summed E-state index contributed by atoms with van der Waals surface area (Å²) in [4.78, 5) is 43.1. The number of anilines is 2. The van der Waals surface area contributed by atoms with Crippen molar-refractivity contribution in [3.05, 3.63) is 69.0 Å². The maximum absolute atomic E-state index is 12.9. The van der Waals surface area contributed by atoms with Gasteiger partial charge in [-0.05, 0) is 12.1 Å². The van der Waals surface area contributed by atoms with Gasteiger partial charge in [0.25, 0.3) is 11.5 Å². The number of fused-ring (bicyclic) bond motifs is 2. The second-order valence-corrected chi connectivity index (χ2v) is 6.11. The molecule has 2 N–H and O–H groups in total. The van der Waals surface area contributed by atoms with Gasteiger partial charge in [0.15, 0.2) is 11.4 Å². The minimum atomic E-state index is -0.605. The highest BCUT2D eigenvalue weighted by Gasteiger charge is 2.29. The smallest absolute Gasteiger partial charge is 0.308 e. The molecule has 3 heterocycles. The number of carbonyl (C=O) groups is 1. The molecule has 4 rings (SSSR count). The molecule has 0 atom stereocenters. The van der Waals surface area contributed by atoms with Crippen LogP contribution in [0, 0.1) is 0 Å². The first-order valence-electron chi connectivity index (χ1n) is 8.06. The van der Waals surface area contributed by atoms with Crippen LogP contribution in [-0.2, 0) is 0 Å². The van der Waals surface area contributed by atoms with Crippen LogP contribution in [0.25, 0.3) is 5.69 Å². The third kappa shape index (κ3) is 2.65. The molecule has 0 unspecified atom stereocenters. The van der Waals surface area contributed by atoms with E-state index >= 15 is 0 Å². The van der Waals surface area contributed by atoms with Crippen molar-refractivity contribution in [2.45, 2.75) is 0 Å². The number of pyridine rings is 1. The molecule has 9 nitrogen and oxygen atoms in total. The monoisotopic (exact) mass is 365 g/mol. The molecule has 27 heavy (non-hydrogen) atoms. The second kappa shape index (κ2) is 6.13. The van der Waals surface area contributed by atoms with Crippen molar-refractivity contribution in [3.8, 4) is 17.2 Å². The molecule has 2 aromatic heterocycles. The van der Waals surface area contributed by atoms with Gasteiger partial charge in [-0.1, -0.05) is 18.2 Å². The maximum Gasteiger partial charge on any atom is 0.308 e. The van der Waals surface area contributed by atoms with Crippen LogP contribution in [0.1, 0.15) is 10.4 Å². The fourth-order valence-corrected chi connectivity index (χ4v) is 2.77. The Labute approximate surface area is 152 Å². The van der Waals surface area contributed by atoms with Gasteiger partial charge in [-0.15, -0.1) is 0 Å². The highest BCUT2D eigenvalue weighted by molar-refractivity contribution is 5.99. The van der Waals surface area contributed by atoms with Gasteiger partial charge in [-0.2, -0.15) is 0 Å².